The molecule has 8 aliphatic rings. The van der Waals surface area contributed by atoms with Crippen molar-refractivity contribution in [3.63, 3.8) is 0 Å². The van der Waals surface area contributed by atoms with E-state index >= 15 is 0 Å². The Kier molecular flexibility index (Phi) is 32.9. The summed E-state index contributed by atoms with van der Waals surface area (Å²) in [4.78, 5) is 102. The van der Waals surface area contributed by atoms with Gasteiger partial charge < -0.3 is 142 Å². The summed E-state index contributed by atoms with van der Waals surface area (Å²) in [6, 6.07) is -0.535. The Morgan fingerprint density at radius 1 is 0.514 bits per heavy atom. The number of thioether (sulfide) groups is 1. The third-order valence-electron chi connectivity index (χ3n) is 19.7. The topological polar surface area (TPSA) is 564 Å². The van der Waals surface area contributed by atoms with Gasteiger partial charge in [-0.05, 0) is 68.7 Å². The fourth-order valence-electron chi connectivity index (χ4n) is 14.2. The molecule has 0 saturated carbocycles. The molecular weight excluding hydrogens is 1460 g/mol. The van der Waals surface area contributed by atoms with Crippen LogP contribution in [0.2, 0.25) is 0 Å². The van der Waals surface area contributed by atoms with Gasteiger partial charge in [0.25, 0.3) is 11.8 Å². The molecule has 0 aromatic heterocycles. The van der Waals surface area contributed by atoms with Crippen molar-refractivity contribution in [3.8, 4) is 0 Å². The van der Waals surface area contributed by atoms with E-state index in [1.54, 1.807) is 41.3 Å². The average Bonchev–Trinajstić information content (AvgIpc) is 1.72. The molecule has 0 radical (unpaired) electrons. The standard InChI is InChI=1S/C68H108N14O26S/c1-33(87)71-50-56(94)54(92)44(28-83)103-66(50)107-60-46(30-85)105-64(52(58(60)96)73-35(3)89)101-18-12-6-5-10-16-81-26-40(77-79-81)24-69-62(98)38-20-37(22-42(91)14-8-9-15-48-49-43(32-109-48)75-68(100)76-49)21-39(23-38)63(99)70-25-41-27-82(80-78-41)17-11-7-13-19-102-65-53(74-36(4)90)59(97)61(47(31-86)106-65)108-67-51(72-34(2)88)57(95)55(93)45(29-84)104-67/h20-21,23,26-27,43-61,64-67,77-80,83-86,92-97H,5-19,22,24-25,28-32H2,1-4H3,(H,69,98)(H,70,99)(H,71,87)(H,72,88)(H,73,89)(H,74,90)(H2,75,76,100)/t43-,44?,45?,46?,47?,48-,49-,50?,51?,52?,53?,54+,55+,56-,57-,58-,59-,60+,61+,64-,65-,66+,67+/m1/s1. The molecule has 22 N–H and O–H groups in total. The van der Waals surface area contributed by atoms with Crippen LogP contribution in [0.5, 0.6) is 0 Å². The second kappa shape index (κ2) is 41.7. The van der Waals surface area contributed by atoms with Crippen molar-refractivity contribution in [3.05, 3.63) is 58.7 Å². The van der Waals surface area contributed by atoms with Crippen molar-refractivity contribution in [1.29, 1.82) is 0 Å². The zero-order valence-corrected chi connectivity index (χ0v) is 62.1. The zero-order chi connectivity index (χ0) is 78.6. The van der Waals surface area contributed by atoms with E-state index in [2.05, 4.69) is 64.5 Å². The molecule has 0 aliphatic carbocycles. The lowest BCUT2D eigenvalue weighted by molar-refractivity contribution is -0.332. The fraction of sp³-hybridized carbons (Fsp3) is 0.735. The molecule has 8 heterocycles. The van der Waals surface area contributed by atoms with Crippen LogP contribution in [0.1, 0.15) is 125 Å². The number of carbonyl (C=O) groups is 8. The van der Waals surface area contributed by atoms with Gasteiger partial charge in [0, 0.05) is 101 Å². The first-order valence-corrected chi connectivity index (χ1v) is 38.0. The summed E-state index contributed by atoms with van der Waals surface area (Å²) in [5, 5.41) is 132. The summed E-state index contributed by atoms with van der Waals surface area (Å²) in [6.45, 7) is 3.32. The Hall–Kier alpha value is -6.79. The number of ether oxygens (including phenoxy) is 8. The molecule has 40 nitrogen and oxygen atoms in total. The first-order valence-electron chi connectivity index (χ1n) is 36.9. The van der Waals surface area contributed by atoms with Crippen molar-refractivity contribution in [2.75, 3.05) is 71.6 Å². The first kappa shape index (κ1) is 86.2. The summed E-state index contributed by atoms with van der Waals surface area (Å²) in [5.74, 6) is -2.56. The number of carbonyl (C=O) groups excluding carboxylic acids is 8. The number of benzene rings is 1. The van der Waals surface area contributed by atoms with Crippen molar-refractivity contribution in [2.24, 2.45) is 0 Å². The molecule has 8 aliphatic heterocycles. The van der Waals surface area contributed by atoms with Crippen LogP contribution in [0, 0.1) is 0 Å². The Balaban J connectivity index is 0.721. The highest BCUT2D eigenvalue weighted by molar-refractivity contribution is 8.00. The summed E-state index contributed by atoms with van der Waals surface area (Å²) in [6.07, 6.45) is -12.8. The number of hydrogen-bond donors (Lipinski definition) is 22. The van der Waals surface area contributed by atoms with Crippen molar-refractivity contribution in [1.82, 2.24) is 74.5 Å². The third kappa shape index (κ3) is 23.9. The Morgan fingerprint density at radius 2 is 0.936 bits per heavy atom. The second-order valence-corrected chi connectivity index (χ2v) is 29.5. The molecule has 23 atom stereocenters. The average molecular weight is 1570 g/mol. The van der Waals surface area contributed by atoms with Crippen LogP contribution in [0.15, 0.2) is 42.0 Å². The van der Waals surface area contributed by atoms with Crippen molar-refractivity contribution in [2.45, 2.75) is 245 Å². The molecule has 6 fully saturated rings. The van der Waals surface area contributed by atoms with Crippen molar-refractivity contribution < 1.29 is 127 Å². The van der Waals surface area contributed by atoms with Gasteiger partial charge in [-0.2, -0.15) is 11.8 Å². The van der Waals surface area contributed by atoms with Gasteiger partial charge in [-0.3, -0.25) is 43.6 Å². The SMILES string of the molecule is CC(=O)NC1[C@H](O[C@H]2C(CO)O[C@@H](OCCCCCCN3C=C(CNC(=O)c4cc(CC(=O)CCCC[C@H]5SC[C@H]6NC(=O)N[C@H]65)cc(C(=O)NCC5=CN(CCCCCO[C@@H]6OC(CO)[C@H](O[C@@H]7OC(CO)[C@H](O)[C@H](O)C7NC(C)=O)[C@H](O)C6NC(C)=O)NN5)c4)NN3)C(NC(C)=O)[C@H]2O)OC(CO)[C@H](O)[C@@H]1O. The normalized spacial score (nSPS) is 32.8. The van der Waals surface area contributed by atoms with Gasteiger partial charge in [0.05, 0.1) is 63.0 Å². The van der Waals surface area contributed by atoms with Crippen LogP contribution < -0.4 is 64.5 Å². The van der Waals surface area contributed by atoms with Gasteiger partial charge in [0.15, 0.2) is 25.2 Å². The van der Waals surface area contributed by atoms with E-state index in [0.29, 0.717) is 68.6 Å². The fourth-order valence-corrected chi connectivity index (χ4v) is 15.7. The monoisotopic (exact) mass is 1570 g/mol. The number of fused-ring (bicyclic) bond motifs is 1. The number of amides is 8. The lowest BCUT2D eigenvalue weighted by atomic mass is 9.94. The first-order chi connectivity index (χ1) is 52.2. The highest BCUT2D eigenvalue weighted by Crippen LogP contribution is 2.35. The smallest absolute Gasteiger partial charge is 0.315 e. The van der Waals surface area contributed by atoms with E-state index in [9.17, 15) is 89.4 Å². The lowest BCUT2D eigenvalue weighted by Gasteiger charge is -2.48. The number of nitrogens with zero attached hydrogens (tertiary/aromatic N) is 2. The van der Waals surface area contributed by atoms with E-state index in [4.69, 9.17) is 37.9 Å². The molecule has 41 heteroatoms. The Labute approximate surface area is 633 Å². The van der Waals surface area contributed by atoms with Crippen LogP contribution in [0.4, 0.5) is 4.79 Å². The van der Waals surface area contributed by atoms with Crippen LogP contribution in [-0.2, 0) is 68.3 Å². The van der Waals surface area contributed by atoms with E-state index in [0.717, 1.165) is 45.3 Å². The number of rotatable bonds is 40. The summed E-state index contributed by atoms with van der Waals surface area (Å²) in [5.41, 5.74) is 14.2. The second-order valence-electron chi connectivity index (χ2n) is 28.2. The predicted octanol–water partition coefficient (Wildman–Crippen LogP) is -7.10. The van der Waals surface area contributed by atoms with Gasteiger partial charge in [-0.15, -0.1) is 11.1 Å². The van der Waals surface area contributed by atoms with E-state index in [1.165, 1.54) is 19.9 Å². The summed E-state index contributed by atoms with van der Waals surface area (Å²) < 4.78 is 47.4. The van der Waals surface area contributed by atoms with Crippen LogP contribution in [-0.4, -0.2) is 320 Å². The highest BCUT2D eigenvalue weighted by atomic mass is 32.2. The van der Waals surface area contributed by atoms with Crippen LogP contribution in [0.25, 0.3) is 0 Å². The highest BCUT2D eigenvalue weighted by Gasteiger charge is 2.54. The molecule has 1 aromatic rings. The minimum absolute atomic E-state index is 0.0280. The van der Waals surface area contributed by atoms with Gasteiger partial charge >= 0.3 is 6.03 Å². The summed E-state index contributed by atoms with van der Waals surface area (Å²) in [7, 11) is 0. The van der Waals surface area contributed by atoms with Crippen molar-refractivity contribution >= 4 is 59.0 Å². The Bertz CT molecular complexity index is 3290. The molecular formula is C68H108N14O26S. The van der Waals surface area contributed by atoms with Crippen LogP contribution in [0.3, 0.4) is 0 Å². The van der Waals surface area contributed by atoms with E-state index < -0.39 is 184 Å². The van der Waals surface area contributed by atoms with Gasteiger partial charge in [-0.25, -0.2) is 4.79 Å². The molecule has 109 heavy (non-hydrogen) atoms. The van der Waals surface area contributed by atoms with E-state index in [1.807, 2.05) is 5.01 Å². The number of urea groups is 1. The van der Waals surface area contributed by atoms with Gasteiger partial charge in [-0.1, -0.05) is 19.3 Å². The maximum Gasteiger partial charge on any atom is 0.315 e. The maximum atomic E-state index is 14.0. The van der Waals surface area contributed by atoms with Gasteiger partial charge in [0.1, 0.15) is 103 Å². The maximum absolute atomic E-state index is 14.0. The number of unbranched alkanes of at least 4 members (excludes halogenated alkanes) is 6. The number of nitrogens with one attached hydrogen (secondary N) is 12. The molecule has 612 valence electrons. The molecule has 9 rings (SSSR count). The number of aliphatic hydroxyl groups is 10. The predicted molar refractivity (Wildman–Crippen MR) is 379 cm³/mol. The number of hydrogen-bond acceptors (Lipinski definition) is 33. The summed E-state index contributed by atoms with van der Waals surface area (Å²) >= 11 is 1.80. The largest absolute Gasteiger partial charge is 0.394 e. The number of ketones is 1. The number of aliphatic hydroxyl groups excluding tert-OH is 10. The molecule has 0 spiro atoms. The zero-order valence-electron chi connectivity index (χ0n) is 61.2. The molecule has 6 saturated heterocycles. The number of Topliss-reactive ketones (excluding diaryl/α,β-unsaturated/α-hetero) is 1. The molecule has 1 aromatic carbocycles. The Morgan fingerprint density at radius 3 is 1.38 bits per heavy atom. The number of hydrazine groups is 4. The third-order valence-corrected chi connectivity index (χ3v) is 21.2. The minimum atomic E-state index is -1.66. The molecule has 0 bridgehead atoms. The molecule has 8 amide bonds. The lowest BCUT2D eigenvalue weighted by Crippen LogP contribution is -2.69. The minimum Gasteiger partial charge on any atom is -0.394 e. The van der Waals surface area contributed by atoms with Crippen LogP contribution >= 0.6 is 11.8 Å². The van der Waals surface area contributed by atoms with E-state index in [-0.39, 0.29) is 79.4 Å². The quantitative estimate of drug-likeness (QED) is 0.0214. The van der Waals surface area contributed by atoms with Gasteiger partial charge in [0.2, 0.25) is 23.6 Å². The molecule has 8 unspecified atom stereocenters.